The van der Waals surface area contributed by atoms with E-state index in [4.69, 9.17) is 9.84 Å². The van der Waals surface area contributed by atoms with Crippen LogP contribution in [0.4, 0.5) is 0 Å². The molecule has 0 saturated heterocycles. The van der Waals surface area contributed by atoms with Crippen molar-refractivity contribution in [2.45, 2.75) is 20.8 Å². The van der Waals surface area contributed by atoms with Crippen LogP contribution in [0.25, 0.3) is 0 Å². The Morgan fingerprint density at radius 1 is 1.29 bits per heavy atom. The van der Waals surface area contributed by atoms with E-state index in [1.807, 2.05) is 26.8 Å². The van der Waals surface area contributed by atoms with Crippen LogP contribution in [0.2, 0.25) is 0 Å². The molecular formula is C11H14O3. The number of aryl methyl sites for hydroxylation is 1. The molecule has 0 saturated carbocycles. The molecule has 76 valence electrons. The fraction of sp³-hybridized carbons (Fsp3) is 0.364. The number of benzene rings is 1. The van der Waals surface area contributed by atoms with E-state index in [1.165, 1.54) is 5.56 Å². The Morgan fingerprint density at radius 2 is 1.93 bits per heavy atom. The molecule has 0 aliphatic heterocycles. The van der Waals surface area contributed by atoms with Gasteiger partial charge in [0.2, 0.25) is 0 Å². The van der Waals surface area contributed by atoms with E-state index in [1.54, 1.807) is 6.07 Å². The summed E-state index contributed by atoms with van der Waals surface area (Å²) in [5.74, 6) is -0.307. The van der Waals surface area contributed by atoms with Crippen molar-refractivity contribution in [3.63, 3.8) is 0 Å². The second kappa shape index (κ2) is 4.13. The summed E-state index contributed by atoms with van der Waals surface area (Å²) in [4.78, 5) is 10.3. The normalized spacial score (nSPS) is 9.93. The average Bonchev–Trinajstić information content (AvgIpc) is 2.13. The molecule has 0 heterocycles. The van der Waals surface area contributed by atoms with Crippen molar-refractivity contribution >= 4 is 5.97 Å². The second-order valence-corrected chi connectivity index (χ2v) is 3.31. The van der Waals surface area contributed by atoms with E-state index in [0.29, 0.717) is 5.75 Å². The van der Waals surface area contributed by atoms with Crippen LogP contribution in [0.15, 0.2) is 12.1 Å². The number of carbonyl (C=O) groups is 1. The number of rotatable bonds is 3. The van der Waals surface area contributed by atoms with Crippen molar-refractivity contribution < 1.29 is 14.6 Å². The maximum atomic E-state index is 10.3. The minimum atomic E-state index is -0.956. The van der Waals surface area contributed by atoms with Crippen molar-refractivity contribution in [2.24, 2.45) is 0 Å². The molecular weight excluding hydrogens is 180 g/mol. The molecule has 0 atom stereocenters. The fourth-order valence-corrected chi connectivity index (χ4v) is 1.23. The Labute approximate surface area is 83.3 Å². The summed E-state index contributed by atoms with van der Waals surface area (Å²) < 4.78 is 5.13. The van der Waals surface area contributed by atoms with Crippen LogP contribution in [0.3, 0.4) is 0 Å². The van der Waals surface area contributed by atoms with Gasteiger partial charge >= 0.3 is 5.97 Å². The molecule has 0 unspecified atom stereocenters. The highest BCUT2D eigenvalue weighted by molar-refractivity contribution is 5.68. The van der Waals surface area contributed by atoms with Crippen molar-refractivity contribution in [1.29, 1.82) is 0 Å². The standard InChI is InChI=1S/C11H14O3/c1-7-4-5-10(9(3)8(7)2)14-6-11(12)13/h4-5H,6H2,1-3H3,(H,12,13). The zero-order valence-electron chi connectivity index (χ0n) is 8.63. The molecule has 14 heavy (non-hydrogen) atoms. The van der Waals surface area contributed by atoms with Gasteiger partial charge in [-0.15, -0.1) is 0 Å². The fourth-order valence-electron chi connectivity index (χ4n) is 1.23. The van der Waals surface area contributed by atoms with Crippen LogP contribution >= 0.6 is 0 Å². The number of aliphatic carboxylic acids is 1. The Morgan fingerprint density at radius 3 is 2.50 bits per heavy atom. The van der Waals surface area contributed by atoms with Gasteiger partial charge in [0.1, 0.15) is 5.75 Å². The highest BCUT2D eigenvalue weighted by Crippen LogP contribution is 2.23. The first-order chi connectivity index (χ1) is 6.52. The molecule has 0 aliphatic rings. The van der Waals surface area contributed by atoms with Crippen LogP contribution in [-0.4, -0.2) is 17.7 Å². The first kappa shape index (κ1) is 10.6. The summed E-state index contributed by atoms with van der Waals surface area (Å²) in [5.41, 5.74) is 3.34. The average molecular weight is 194 g/mol. The molecule has 1 rings (SSSR count). The molecule has 0 radical (unpaired) electrons. The van der Waals surface area contributed by atoms with Crippen LogP contribution < -0.4 is 4.74 Å². The predicted octanol–water partition coefficient (Wildman–Crippen LogP) is 2.08. The summed E-state index contributed by atoms with van der Waals surface area (Å²) in [5, 5.41) is 8.46. The van der Waals surface area contributed by atoms with E-state index in [9.17, 15) is 4.79 Å². The maximum absolute atomic E-state index is 10.3. The molecule has 3 heteroatoms. The van der Waals surface area contributed by atoms with Gasteiger partial charge in [0, 0.05) is 0 Å². The minimum Gasteiger partial charge on any atom is -0.482 e. The summed E-state index contributed by atoms with van der Waals surface area (Å²) in [6.45, 7) is 5.66. The second-order valence-electron chi connectivity index (χ2n) is 3.31. The van der Waals surface area contributed by atoms with E-state index >= 15 is 0 Å². The van der Waals surface area contributed by atoms with Gasteiger partial charge in [0.25, 0.3) is 0 Å². The predicted molar refractivity (Wildman–Crippen MR) is 53.8 cm³/mol. The van der Waals surface area contributed by atoms with Crippen molar-refractivity contribution in [3.05, 3.63) is 28.8 Å². The zero-order valence-corrected chi connectivity index (χ0v) is 8.63. The molecule has 3 nitrogen and oxygen atoms in total. The van der Waals surface area contributed by atoms with Crippen LogP contribution in [0.5, 0.6) is 5.75 Å². The quantitative estimate of drug-likeness (QED) is 0.801. The summed E-state index contributed by atoms with van der Waals surface area (Å²) in [7, 11) is 0. The van der Waals surface area contributed by atoms with Crippen LogP contribution in [-0.2, 0) is 4.79 Å². The van der Waals surface area contributed by atoms with E-state index < -0.39 is 5.97 Å². The van der Waals surface area contributed by atoms with Gasteiger partial charge in [-0.3, -0.25) is 0 Å². The van der Waals surface area contributed by atoms with E-state index in [-0.39, 0.29) is 6.61 Å². The zero-order chi connectivity index (χ0) is 10.7. The number of hydrogen-bond donors (Lipinski definition) is 1. The molecule has 1 aromatic rings. The lowest BCUT2D eigenvalue weighted by atomic mass is 10.0. The SMILES string of the molecule is Cc1ccc(OCC(=O)O)c(C)c1C. The van der Waals surface area contributed by atoms with E-state index in [0.717, 1.165) is 11.1 Å². The molecule has 1 aromatic carbocycles. The first-order valence-electron chi connectivity index (χ1n) is 4.43. The molecule has 0 fully saturated rings. The van der Waals surface area contributed by atoms with Crippen LogP contribution in [0, 0.1) is 20.8 Å². The van der Waals surface area contributed by atoms with Crippen molar-refractivity contribution in [3.8, 4) is 5.75 Å². The number of hydrogen-bond acceptors (Lipinski definition) is 2. The molecule has 0 bridgehead atoms. The third-order valence-corrected chi connectivity index (χ3v) is 2.36. The molecule has 0 aliphatic carbocycles. The molecule has 0 amide bonds. The van der Waals surface area contributed by atoms with Gasteiger partial charge < -0.3 is 9.84 Å². The highest BCUT2D eigenvalue weighted by Gasteiger charge is 2.06. The Balaban J connectivity index is 2.88. The van der Waals surface area contributed by atoms with Crippen LogP contribution in [0.1, 0.15) is 16.7 Å². The maximum Gasteiger partial charge on any atom is 0.341 e. The number of carboxylic acids is 1. The number of carboxylic acid groups (broad SMARTS) is 1. The van der Waals surface area contributed by atoms with Crippen molar-refractivity contribution in [2.75, 3.05) is 6.61 Å². The van der Waals surface area contributed by atoms with Gasteiger partial charge in [-0.2, -0.15) is 0 Å². The lowest BCUT2D eigenvalue weighted by Gasteiger charge is -2.10. The summed E-state index contributed by atoms with van der Waals surface area (Å²) in [6, 6.07) is 3.74. The molecule has 0 spiro atoms. The number of ether oxygens (including phenoxy) is 1. The highest BCUT2D eigenvalue weighted by atomic mass is 16.5. The summed E-state index contributed by atoms with van der Waals surface area (Å²) in [6.07, 6.45) is 0. The topological polar surface area (TPSA) is 46.5 Å². The largest absolute Gasteiger partial charge is 0.482 e. The third-order valence-electron chi connectivity index (χ3n) is 2.36. The van der Waals surface area contributed by atoms with Gasteiger partial charge in [-0.1, -0.05) is 6.07 Å². The van der Waals surface area contributed by atoms with Crippen molar-refractivity contribution in [1.82, 2.24) is 0 Å². The Hall–Kier alpha value is -1.51. The minimum absolute atomic E-state index is 0.288. The van der Waals surface area contributed by atoms with Gasteiger partial charge in [-0.25, -0.2) is 4.79 Å². The third kappa shape index (κ3) is 2.25. The Kier molecular flexibility index (Phi) is 3.12. The lowest BCUT2D eigenvalue weighted by Crippen LogP contribution is -2.10. The smallest absolute Gasteiger partial charge is 0.341 e. The van der Waals surface area contributed by atoms with Gasteiger partial charge in [0.05, 0.1) is 0 Å². The molecule has 1 N–H and O–H groups in total. The van der Waals surface area contributed by atoms with E-state index in [2.05, 4.69) is 0 Å². The van der Waals surface area contributed by atoms with Gasteiger partial charge in [0.15, 0.2) is 6.61 Å². The monoisotopic (exact) mass is 194 g/mol. The van der Waals surface area contributed by atoms with Gasteiger partial charge in [-0.05, 0) is 43.5 Å². The Bertz CT molecular complexity index is 356. The lowest BCUT2D eigenvalue weighted by molar-refractivity contribution is -0.139. The summed E-state index contributed by atoms with van der Waals surface area (Å²) >= 11 is 0. The molecule has 0 aromatic heterocycles. The first-order valence-corrected chi connectivity index (χ1v) is 4.43.